The quantitative estimate of drug-likeness (QED) is 0.756. The molecule has 0 spiro atoms. The Kier molecular flexibility index (Phi) is 3.77. The second kappa shape index (κ2) is 5.31. The van der Waals surface area contributed by atoms with E-state index in [9.17, 15) is 4.79 Å². The molecule has 96 valence electrons. The van der Waals surface area contributed by atoms with Gasteiger partial charge in [-0.05, 0) is 52.0 Å². The summed E-state index contributed by atoms with van der Waals surface area (Å²) >= 11 is 0. The van der Waals surface area contributed by atoms with E-state index in [1.807, 2.05) is 12.3 Å². The fourth-order valence-corrected chi connectivity index (χ4v) is 2.05. The Balaban J connectivity index is 2.16. The zero-order valence-electron chi connectivity index (χ0n) is 11.2. The van der Waals surface area contributed by atoms with Gasteiger partial charge in [0.2, 0.25) is 0 Å². The van der Waals surface area contributed by atoms with Crippen molar-refractivity contribution in [2.45, 2.75) is 19.8 Å². The highest BCUT2D eigenvalue weighted by Crippen LogP contribution is 2.13. The number of fused-ring (bicyclic) bond motifs is 1. The number of rotatable bonds is 5. The van der Waals surface area contributed by atoms with Crippen LogP contribution in [0.3, 0.4) is 0 Å². The summed E-state index contributed by atoms with van der Waals surface area (Å²) in [5, 5.41) is 4.23. The number of carbonyl (C=O) groups excluding carboxylic acids is 1. The largest absolute Gasteiger partial charge is 0.309 e. The Morgan fingerprint density at radius 1 is 1.39 bits per heavy atom. The summed E-state index contributed by atoms with van der Waals surface area (Å²) in [5.41, 5.74) is 2.83. The number of pyridine rings is 1. The fraction of sp³-hybridized carbons (Fsp3) is 0.429. The van der Waals surface area contributed by atoms with Crippen molar-refractivity contribution >= 4 is 11.3 Å². The third-order valence-electron chi connectivity index (χ3n) is 3.03. The molecule has 2 rings (SSSR count). The van der Waals surface area contributed by atoms with E-state index in [2.05, 4.69) is 30.2 Å². The Bertz CT molecular complexity index is 557. The smallest absolute Gasteiger partial charge is 0.163 e. The standard InChI is InChI=1S/C14H19N3O/c1-11(18)13-9-15-17-10-12(6-7-14(13)17)5-4-8-16(2)3/h6-7,9-10H,4-5,8H2,1-3H3. The monoisotopic (exact) mass is 245 g/mol. The zero-order chi connectivity index (χ0) is 13.1. The van der Waals surface area contributed by atoms with E-state index >= 15 is 0 Å². The van der Waals surface area contributed by atoms with E-state index in [1.54, 1.807) is 17.6 Å². The Morgan fingerprint density at radius 3 is 2.83 bits per heavy atom. The molecule has 4 nitrogen and oxygen atoms in total. The molecular formula is C14H19N3O. The van der Waals surface area contributed by atoms with Crippen molar-refractivity contribution in [2.75, 3.05) is 20.6 Å². The van der Waals surface area contributed by atoms with Gasteiger partial charge in [-0.25, -0.2) is 4.52 Å². The minimum Gasteiger partial charge on any atom is -0.309 e. The van der Waals surface area contributed by atoms with Gasteiger partial charge in [0, 0.05) is 6.20 Å². The second-order valence-corrected chi connectivity index (χ2v) is 4.89. The van der Waals surface area contributed by atoms with E-state index in [-0.39, 0.29) is 5.78 Å². The molecule has 0 aliphatic rings. The van der Waals surface area contributed by atoms with Crippen LogP contribution >= 0.6 is 0 Å². The van der Waals surface area contributed by atoms with Crippen molar-refractivity contribution in [3.8, 4) is 0 Å². The first-order valence-electron chi connectivity index (χ1n) is 6.20. The maximum atomic E-state index is 11.4. The minimum atomic E-state index is 0.0605. The summed E-state index contributed by atoms with van der Waals surface area (Å²) in [5.74, 6) is 0.0605. The third kappa shape index (κ3) is 2.76. The van der Waals surface area contributed by atoms with E-state index in [0.29, 0.717) is 5.56 Å². The highest BCUT2D eigenvalue weighted by atomic mass is 16.1. The number of nitrogens with zero attached hydrogens (tertiary/aromatic N) is 3. The van der Waals surface area contributed by atoms with Crippen molar-refractivity contribution in [1.82, 2.24) is 14.5 Å². The Labute approximate surface area is 107 Å². The zero-order valence-corrected chi connectivity index (χ0v) is 11.2. The Morgan fingerprint density at radius 2 is 2.17 bits per heavy atom. The molecule has 0 unspecified atom stereocenters. The lowest BCUT2D eigenvalue weighted by atomic mass is 10.1. The van der Waals surface area contributed by atoms with Crippen LogP contribution in [0.2, 0.25) is 0 Å². The van der Waals surface area contributed by atoms with Crippen LogP contribution in [0.1, 0.15) is 29.3 Å². The summed E-state index contributed by atoms with van der Waals surface area (Å²) in [6.45, 7) is 2.65. The van der Waals surface area contributed by atoms with E-state index in [0.717, 1.165) is 24.9 Å². The average molecular weight is 245 g/mol. The summed E-state index contributed by atoms with van der Waals surface area (Å²) in [6.07, 6.45) is 5.81. The van der Waals surface area contributed by atoms with Crippen LogP contribution in [0.4, 0.5) is 0 Å². The maximum absolute atomic E-state index is 11.4. The van der Waals surface area contributed by atoms with Crippen molar-refractivity contribution in [3.05, 3.63) is 35.7 Å². The van der Waals surface area contributed by atoms with Gasteiger partial charge in [0.15, 0.2) is 5.78 Å². The number of aromatic nitrogens is 2. The van der Waals surface area contributed by atoms with Gasteiger partial charge in [-0.15, -0.1) is 0 Å². The average Bonchev–Trinajstić information content (AvgIpc) is 2.71. The van der Waals surface area contributed by atoms with Crippen molar-refractivity contribution in [1.29, 1.82) is 0 Å². The molecule has 0 fully saturated rings. The summed E-state index contributed by atoms with van der Waals surface area (Å²) in [4.78, 5) is 13.6. The molecule has 2 aromatic rings. The Hall–Kier alpha value is -1.68. The molecular weight excluding hydrogens is 226 g/mol. The van der Waals surface area contributed by atoms with Gasteiger partial charge in [0.05, 0.1) is 17.3 Å². The van der Waals surface area contributed by atoms with Gasteiger partial charge in [0.1, 0.15) is 0 Å². The van der Waals surface area contributed by atoms with E-state index in [4.69, 9.17) is 0 Å². The summed E-state index contributed by atoms with van der Waals surface area (Å²) in [7, 11) is 4.16. The molecule has 0 aliphatic heterocycles. The molecule has 0 N–H and O–H groups in total. The molecule has 18 heavy (non-hydrogen) atoms. The first-order chi connectivity index (χ1) is 8.58. The topological polar surface area (TPSA) is 37.6 Å². The second-order valence-electron chi connectivity index (χ2n) is 4.89. The molecule has 0 amide bonds. The normalized spacial score (nSPS) is 11.3. The predicted octanol–water partition coefficient (Wildman–Crippen LogP) is 2.03. The summed E-state index contributed by atoms with van der Waals surface area (Å²) in [6, 6.07) is 4.06. The van der Waals surface area contributed by atoms with Gasteiger partial charge < -0.3 is 4.90 Å². The lowest BCUT2D eigenvalue weighted by Gasteiger charge is -2.09. The van der Waals surface area contributed by atoms with Gasteiger partial charge in [-0.3, -0.25) is 4.79 Å². The number of ketones is 1. The van der Waals surface area contributed by atoms with Crippen molar-refractivity contribution < 1.29 is 4.79 Å². The highest BCUT2D eigenvalue weighted by Gasteiger charge is 2.08. The lowest BCUT2D eigenvalue weighted by molar-refractivity contribution is 0.101. The first-order valence-corrected chi connectivity index (χ1v) is 6.20. The molecule has 2 aromatic heterocycles. The van der Waals surface area contributed by atoms with E-state index in [1.165, 1.54) is 5.56 Å². The van der Waals surface area contributed by atoms with Gasteiger partial charge in [-0.1, -0.05) is 6.07 Å². The van der Waals surface area contributed by atoms with Crippen LogP contribution in [0.25, 0.3) is 5.52 Å². The molecule has 4 heteroatoms. The summed E-state index contributed by atoms with van der Waals surface area (Å²) < 4.78 is 1.79. The lowest BCUT2D eigenvalue weighted by Crippen LogP contribution is -2.13. The number of aryl methyl sites for hydroxylation is 1. The van der Waals surface area contributed by atoms with Crippen LogP contribution in [0.15, 0.2) is 24.5 Å². The van der Waals surface area contributed by atoms with Gasteiger partial charge in [0.25, 0.3) is 0 Å². The van der Waals surface area contributed by atoms with E-state index < -0.39 is 0 Å². The molecule has 0 saturated heterocycles. The molecule has 0 atom stereocenters. The molecule has 0 radical (unpaired) electrons. The SMILES string of the molecule is CC(=O)c1cnn2cc(CCCN(C)C)ccc12. The number of hydrogen-bond donors (Lipinski definition) is 0. The molecule has 0 saturated carbocycles. The fourth-order valence-electron chi connectivity index (χ4n) is 2.05. The van der Waals surface area contributed by atoms with Crippen LogP contribution < -0.4 is 0 Å². The number of hydrogen-bond acceptors (Lipinski definition) is 3. The first kappa shape index (κ1) is 12.8. The molecule has 2 heterocycles. The predicted molar refractivity (Wildman–Crippen MR) is 72.1 cm³/mol. The molecule has 0 aromatic carbocycles. The van der Waals surface area contributed by atoms with Gasteiger partial charge in [-0.2, -0.15) is 5.10 Å². The van der Waals surface area contributed by atoms with Crippen LogP contribution in [-0.2, 0) is 6.42 Å². The number of carbonyl (C=O) groups is 1. The van der Waals surface area contributed by atoms with Crippen molar-refractivity contribution in [2.24, 2.45) is 0 Å². The van der Waals surface area contributed by atoms with Crippen molar-refractivity contribution in [3.63, 3.8) is 0 Å². The third-order valence-corrected chi connectivity index (χ3v) is 3.03. The number of Topliss-reactive ketones (excluding diaryl/α,β-unsaturated/α-hetero) is 1. The van der Waals surface area contributed by atoms with Crippen LogP contribution in [-0.4, -0.2) is 40.9 Å². The van der Waals surface area contributed by atoms with Gasteiger partial charge >= 0.3 is 0 Å². The van der Waals surface area contributed by atoms with Crippen LogP contribution in [0.5, 0.6) is 0 Å². The highest BCUT2D eigenvalue weighted by molar-refractivity contribution is 6.00. The minimum absolute atomic E-state index is 0.0605. The molecule has 0 bridgehead atoms. The maximum Gasteiger partial charge on any atom is 0.163 e. The van der Waals surface area contributed by atoms with Crippen LogP contribution in [0, 0.1) is 0 Å². The molecule has 0 aliphatic carbocycles.